The van der Waals surface area contributed by atoms with Gasteiger partial charge in [-0.1, -0.05) is 17.7 Å². The number of aryl methyl sites for hydroxylation is 1. The number of nitrogens with zero attached hydrogens (tertiary/aromatic N) is 1. The van der Waals surface area contributed by atoms with E-state index in [1.165, 1.54) is 5.56 Å². The van der Waals surface area contributed by atoms with Crippen LogP contribution in [0.3, 0.4) is 0 Å². The first-order valence-corrected chi connectivity index (χ1v) is 8.36. The van der Waals surface area contributed by atoms with Gasteiger partial charge in [-0.25, -0.2) is 0 Å². The lowest BCUT2D eigenvalue weighted by molar-refractivity contribution is 0.0921. The summed E-state index contributed by atoms with van der Waals surface area (Å²) in [4.78, 5) is 12.3. The first kappa shape index (κ1) is 17.5. The van der Waals surface area contributed by atoms with E-state index in [0.717, 1.165) is 11.3 Å². The molecule has 134 valence electrons. The first-order valence-electron chi connectivity index (χ1n) is 8.36. The Labute approximate surface area is 151 Å². The number of aromatic hydroxyl groups is 1. The van der Waals surface area contributed by atoms with Crippen LogP contribution in [0.4, 0.5) is 0 Å². The van der Waals surface area contributed by atoms with Gasteiger partial charge < -0.3 is 15.2 Å². The van der Waals surface area contributed by atoms with Gasteiger partial charge in [-0.3, -0.25) is 9.89 Å². The molecule has 1 amide bonds. The lowest BCUT2D eigenvalue weighted by atomic mass is 10.1. The molecule has 26 heavy (non-hydrogen) atoms. The zero-order valence-electron chi connectivity index (χ0n) is 14.7. The van der Waals surface area contributed by atoms with Crippen molar-refractivity contribution in [1.82, 2.24) is 15.5 Å². The highest BCUT2D eigenvalue weighted by atomic mass is 16.5. The van der Waals surface area contributed by atoms with E-state index in [1.54, 1.807) is 30.3 Å². The summed E-state index contributed by atoms with van der Waals surface area (Å²) in [6, 6.07) is 15.9. The van der Waals surface area contributed by atoms with E-state index in [2.05, 4.69) is 15.5 Å². The zero-order valence-corrected chi connectivity index (χ0v) is 14.7. The molecule has 2 aromatic carbocycles. The van der Waals surface area contributed by atoms with E-state index < -0.39 is 0 Å². The number of rotatable bonds is 6. The molecule has 0 aliphatic rings. The maximum Gasteiger partial charge on any atom is 0.269 e. The summed E-state index contributed by atoms with van der Waals surface area (Å²) in [7, 11) is 0. The maximum atomic E-state index is 12.3. The number of nitrogens with one attached hydrogen (secondary N) is 2. The second-order valence-corrected chi connectivity index (χ2v) is 6.21. The van der Waals surface area contributed by atoms with Crippen molar-refractivity contribution in [3.8, 4) is 22.8 Å². The highest BCUT2D eigenvalue weighted by Gasteiger charge is 2.14. The van der Waals surface area contributed by atoms with Gasteiger partial charge in [-0.15, -0.1) is 0 Å². The molecule has 0 saturated carbocycles. The first-order chi connectivity index (χ1) is 12.5. The molecule has 0 radical (unpaired) electrons. The molecule has 3 rings (SSSR count). The van der Waals surface area contributed by atoms with E-state index in [0.29, 0.717) is 18.0 Å². The van der Waals surface area contributed by atoms with E-state index in [9.17, 15) is 9.90 Å². The van der Waals surface area contributed by atoms with Gasteiger partial charge in [0.25, 0.3) is 5.91 Å². The van der Waals surface area contributed by atoms with Gasteiger partial charge in [0.05, 0.1) is 11.7 Å². The topological polar surface area (TPSA) is 87.2 Å². The van der Waals surface area contributed by atoms with Crippen LogP contribution in [0.2, 0.25) is 0 Å². The monoisotopic (exact) mass is 351 g/mol. The number of aromatic nitrogens is 2. The van der Waals surface area contributed by atoms with Crippen molar-refractivity contribution in [3.63, 3.8) is 0 Å². The lowest BCUT2D eigenvalue weighted by Gasteiger charge is -2.14. The summed E-state index contributed by atoms with van der Waals surface area (Å²) in [6.45, 7) is 4.26. The minimum atomic E-state index is -0.248. The van der Waals surface area contributed by atoms with Gasteiger partial charge in [-0.05, 0) is 56.3 Å². The third kappa shape index (κ3) is 4.42. The molecule has 0 aliphatic heterocycles. The molecular formula is C20H21N3O3. The van der Waals surface area contributed by atoms with Crippen LogP contribution in [0, 0.1) is 6.92 Å². The number of carbonyl (C=O) groups excluding carboxylic acids is 1. The quantitative estimate of drug-likeness (QED) is 0.636. The van der Waals surface area contributed by atoms with Crippen molar-refractivity contribution in [3.05, 3.63) is 65.9 Å². The number of hydrogen-bond donors (Lipinski definition) is 3. The van der Waals surface area contributed by atoms with Gasteiger partial charge in [0.2, 0.25) is 0 Å². The van der Waals surface area contributed by atoms with Gasteiger partial charge >= 0.3 is 0 Å². The minimum absolute atomic E-state index is 0.163. The molecule has 1 atom stereocenters. The lowest BCUT2D eigenvalue weighted by Crippen LogP contribution is -2.37. The smallest absolute Gasteiger partial charge is 0.269 e. The number of aromatic amines is 1. The number of ether oxygens (including phenoxy) is 1. The fourth-order valence-corrected chi connectivity index (χ4v) is 2.42. The summed E-state index contributed by atoms with van der Waals surface area (Å²) in [5.41, 5.74) is 2.99. The molecule has 1 unspecified atom stereocenters. The highest BCUT2D eigenvalue weighted by molar-refractivity contribution is 5.93. The second-order valence-electron chi connectivity index (χ2n) is 6.21. The van der Waals surface area contributed by atoms with Gasteiger partial charge in [0.1, 0.15) is 23.8 Å². The molecule has 0 bridgehead atoms. The number of benzene rings is 2. The number of phenols is 1. The van der Waals surface area contributed by atoms with Crippen LogP contribution >= 0.6 is 0 Å². The van der Waals surface area contributed by atoms with Crippen LogP contribution in [-0.2, 0) is 0 Å². The van der Waals surface area contributed by atoms with Crippen LogP contribution in [0.15, 0.2) is 54.6 Å². The van der Waals surface area contributed by atoms with E-state index in [-0.39, 0.29) is 17.7 Å². The largest absolute Gasteiger partial charge is 0.508 e. The Morgan fingerprint density at radius 2 is 1.88 bits per heavy atom. The van der Waals surface area contributed by atoms with Crippen LogP contribution < -0.4 is 10.1 Å². The average molecular weight is 351 g/mol. The van der Waals surface area contributed by atoms with Crippen molar-refractivity contribution < 1.29 is 14.6 Å². The normalized spacial score (nSPS) is 11.8. The summed E-state index contributed by atoms with van der Waals surface area (Å²) < 4.78 is 5.68. The third-order valence-electron chi connectivity index (χ3n) is 3.88. The van der Waals surface area contributed by atoms with Crippen molar-refractivity contribution in [1.29, 1.82) is 0 Å². The Morgan fingerprint density at radius 1 is 1.19 bits per heavy atom. The molecule has 0 fully saturated rings. The predicted molar refractivity (Wildman–Crippen MR) is 99.3 cm³/mol. The van der Waals surface area contributed by atoms with Gasteiger partial charge in [-0.2, -0.15) is 5.10 Å². The summed E-state index contributed by atoms with van der Waals surface area (Å²) >= 11 is 0. The Morgan fingerprint density at radius 3 is 2.58 bits per heavy atom. The van der Waals surface area contributed by atoms with Crippen molar-refractivity contribution in [2.45, 2.75) is 19.9 Å². The Bertz CT molecular complexity index is 870. The molecule has 1 heterocycles. The SMILES string of the molecule is Cc1ccc(OCC(C)NC(=O)c2cc(-c3ccc(O)cc3)n[nH]2)cc1. The van der Waals surface area contributed by atoms with Crippen LogP contribution in [0.25, 0.3) is 11.3 Å². The molecule has 1 aromatic heterocycles. The summed E-state index contributed by atoms with van der Waals surface area (Å²) in [5, 5.41) is 19.1. The number of carbonyl (C=O) groups is 1. The fourth-order valence-electron chi connectivity index (χ4n) is 2.42. The predicted octanol–water partition coefficient (Wildman–Crippen LogP) is 3.29. The van der Waals surface area contributed by atoms with E-state index in [4.69, 9.17) is 4.74 Å². The zero-order chi connectivity index (χ0) is 18.5. The Hall–Kier alpha value is -3.28. The van der Waals surface area contributed by atoms with Crippen molar-refractivity contribution in [2.24, 2.45) is 0 Å². The fraction of sp³-hybridized carbons (Fsp3) is 0.200. The second kappa shape index (κ2) is 7.74. The Kier molecular flexibility index (Phi) is 5.22. The third-order valence-corrected chi connectivity index (χ3v) is 3.88. The molecule has 0 aliphatic carbocycles. The molecule has 6 heteroatoms. The molecule has 3 aromatic rings. The minimum Gasteiger partial charge on any atom is -0.508 e. The highest BCUT2D eigenvalue weighted by Crippen LogP contribution is 2.20. The Balaban J connectivity index is 1.55. The van der Waals surface area contributed by atoms with Gasteiger partial charge in [0, 0.05) is 5.56 Å². The van der Waals surface area contributed by atoms with Gasteiger partial charge in [0.15, 0.2) is 0 Å². The van der Waals surface area contributed by atoms with Crippen molar-refractivity contribution in [2.75, 3.05) is 6.61 Å². The number of H-pyrrole nitrogens is 1. The van der Waals surface area contributed by atoms with E-state index >= 15 is 0 Å². The van der Waals surface area contributed by atoms with E-state index in [1.807, 2.05) is 38.1 Å². The summed E-state index contributed by atoms with van der Waals surface area (Å²) in [5.74, 6) is 0.708. The standard InChI is InChI=1S/C20H21N3O3/c1-13-3-9-17(10-4-13)26-12-14(2)21-20(25)19-11-18(22-23-19)15-5-7-16(24)8-6-15/h3-11,14,24H,12H2,1-2H3,(H,21,25)(H,22,23). The number of amides is 1. The van der Waals surface area contributed by atoms with Crippen molar-refractivity contribution >= 4 is 5.91 Å². The molecule has 0 spiro atoms. The van der Waals surface area contributed by atoms with Crippen LogP contribution in [0.5, 0.6) is 11.5 Å². The molecule has 6 nitrogen and oxygen atoms in total. The maximum absolute atomic E-state index is 12.3. The average Bonchev–Trinajstić information content (AvgIpc) is 3.12. The number of phenolic OH excluding ortho intramolecular Hbond substituents is 1. The molecular weight excluding hydrogens is 330 g/mol. The molecule has 0 saturated heterocycles. The van der Waals surface area contributed by atoms with Crippen LogP contribution in [0.1, 0.15) is 23.0 Å². The molecule has 3 N–H and O–H groups in total. The van der Waals surface area contributed by atoms with Crippen LogP contribution in [-0.4, -0.2) is 33.9 Å². The summed E-state index contributed by atoms with van der Waals surface area (Å²) in [6.07, 6.45) is 0. The number of hydrogen-bond acceptors (Lipinski definition) is 4.